The zero-order valence-corrected chi connectivity index (χ0v) is 11.4. The summed E-state index contributed by atoms with van der Waals surface area (Å²) in [6, 6.07) is 6.45. The van der Waals surface area contributed by atoms with E-state index in [0.717, 1.165) is 0 Å². The van der Waals surface area contributed by atoms with E-state index in [1.807, 2.05) is 13.8 Å². The maximum absolute atomic E-state index is 11.7. The molecule has 0 aromatic heterocycles. The summed E-state index contributed by atoms with van der Waals surface area (Å²) >= 11 is 0. The molecule has 0 heterocycles. The van der Waals surface area contributed by atoms with E-state index in [-0.39, 0.29) is 19.0 Å². The summed E-state index contributed by atoms with van der Waals surface area (Å²) in [5.74, 6) is 0.252. The van der Waals surface area contributed by atoms with Gasteiger partial charge in [0.25, 0.3) is 0 Å². The summed E-state index contributed by atoms with van der Waals surface area (Å²) in [5.41, 5.74) is -0.933. The molecule has 0 aliphatic rings. The monoisotopic (exact) mass is 254 g/mol. The average Bonchev–Trinajstić information content (AvgIpc) is 2.37. The van der Waals surface area contributed by atoms with E-state index in [9.17, 15) is 9.90 Å². The lowest BCUT2D eigenvalue weighted by atomic mass is 9.97. The third kappa shape index (κ3) is 5.29. The Kier molecular flexibility index (Phi) is 7.24. The first kappa shape index (κ1) is 16.6. The van der Waals surface area contributed by atoms with Crippen LogP contribution in [-0.2, 0) is 0 Å². The lowest BCUT2D eigenvalue weighted by Gasteiger charge is -2.15. The van der Waals surface area contributed by atoms with E-state index in [2.05, 4.69) is 0 Å². The number of ketones is 1. The van der Waals surface area contributed by atoms with Gasteiger partial charge in [0.2, 0.25) is 0 Å². The molecule has 0 saturated carbocycles. The fraction of sp³-hybridized carbons (Fsp3) is 0.500. The van der Waals surface area contributed by atoms with Crippen LogP contribution in [-0.4, -0.2) is 34.8 Å². The first-order chi connectivity index (χ1) is 8.45. The fourth-order valence-corrected chi connectivity index (χ4v) is 1.22. The fourth-order valence-electron chi connectivity index (χ4n) is 1.22. The van der Waals surface area contributed by atoms with Crippen molar-refractivity contribution in [3.8, 4) is 5.75 Å². The van der Waals surface area contributed by atoms with E-state index in [1.54, 1.807) is 24.3 Å². The molecule has 0 spiro atoms. The summed E-state index contributed by atoms with van der Waals surface area (Å²) in [6.45, 7) is 7.07. The van der Waals surface area contributed by atoms with Crippen LogP contribution in [0.2, 0.25) is 0 Å². The standard InChI is InChI=1S/C12H16O4.C2H6/c1-12(2,15)11(14)9-3-5-10(6-4-9)16-8-7-13;1-2/h3-6,13,15H,7-8H2,1-2H3;1-2H3. The van der Waals surface area contributed by atoms with Crippen LogP contribution >= 0.6 is 0 Å². The van der Waals surface area contributed by atoms with Crippen LogP contribution in [0.25, 0.3) is 0 Å². The van der Waals surface area contributed by atoms with Crippen molar-refractivity contribution in [3.63, 3.8) is 0 Å². The first-order valence-electron chi connectivity index (χ1n) is 6.06. The van der Waals surface area contributed by atoms with Crippen molar-refractivity contribution >= 4 is 5.78 Å². The van der Waals surface area contributed by atoms with Gasteiger partial charge in [-0.2, -0.15) is 0 Å². The number of benzene rings is 1. The van der Waals surface area contributed by atoms with E-state index < -0.39 is 5.60 Å². The molecule has 0 radical (unpaired) electrons. The summed E-state index contributed by atoms with van der Waals surface area (Å²) in [6.07, 6.45) is 0. The van der Waals surface area contributed by atoms with E-state index in [4.69, 9.17) is 9.84 Å². The maximum atomic E-state index is 11.7. The zero-order valence-electron chi connectivity index (χ0n) is 11.4. The highest BCUT2D eigenvalue weighted by Gasteiger charge is 2.24. The van der Waals surface area contributed by atoms with Gasteiger partial charge >= 0.3 is 0 Å². The van der Waals surface area contributed by atoms with Crippen LogP contribution in [0, 0.1) is 0 Å². The van der Waals surface area contributed by atoms with Gasteiger partial charge < -0.3 is 14.9 Å². The molecular formula is C14H22O4. The molecule has 0 saturated heterocycles. The second kappa shape index (κ2) is 7.84. The van der Waals surface area contributed by atoms with Crippen molar-refractivity contribution in [3.05, 3.63) is 29.8 Å². The first-order valence-corrected chi connectivity index (χ1v) is 6.06. The van der Waals surface area contributed by atoms with Crippen LogP contribution in [0.1, 0.15) is 38.1 Å². The Morgan fingerprint density at radius 2 is 1.72 bits per heavy atom. The van der Waals surface area contributed by atoms with Gasteiger partial charge in [-0.1, -0.05) is 13.8 Å². The largest absolute Gasteiger partial charge is 0.491 e. The lowest BCUT2D eigenvalue weighted by Crippen LogP contribution is -2.30. The molecule has 1 aromatic carbocycles. The van der Waals surface area contributed by atoms with Crippen LogP contribution in [0.3, 0.4) is 0 Å². The smallest absolute Gasteiger partial charge is 0.193 e. The molecule has 0 fully saturated rings. The second-order valence-corrected chi connectivity index (χ2v) is 3.98. The van der Waals surface area contributed by atoms with Gasteiger partial charge in [-0.05, 0) is 38.1 Å². The normalized spacial score (nSPS) is 10.3. The van der Waals surface area contributed by atoms with E-state index >= 15 is 0 Å². The Hall–Kier alpha value is -1.39. The molecule has 0 unspecified atom stereocenters. The van der Waals surface area contributed by atoms with Crippen molar-refractivity contribution < 1.29 is 19.7 Å². The number of hydrogen-bond donors (Lipinski definition) is 2. The van der Waals surface area contributed by atoms with Crippen LogP contribution in [0.15, 0.2) is 24.3 Å². The Bertz CT molecular complexity index is 349. The topological polar surface area (TPSA) is 66.8 Å². The van der Waals surface area contributed by atoms with Crippen LogP contribution in [0.4, 0.5) is 0 Å². The third-order valence-electron chi connectivity index (χ3n) is 2.03. The van der Waals surface area contributed by atoms with Gasteiger partial charge in [-0.3, -0.25) is 4.79 Å². The predicted octanol–water partition coefficient (Wildman–Crippen LogP) is 2.04. The molecule has 1 rings (SSSR count). The molecule has 2 N–H and O–H groups in total. The molecule has 0 bridgehead atoms. The van der Waals surface area contributed by atoms with Crippen molar-refractivity contribution in [2.24, 2.45) is 0 Å². The summed E-state index contributed by atoms with van der Waals surface area (Å²) < 4.78 is 5.15. The van der Waals surface area contributed by atoms with Gasteiger partial charge in [-0.15, -0.1) is 0 Å². The second-order valence-electron chi connectivity index (χ2n) is 3.98. The quantitative estimate of drug-likeness (QED) is 0.789. The number of ether oxygens (including phenoxy) is 1. The summed E-state index contributed by atoms with van der Waals surface area (Å²) in [5, 5.41) is 18.1. The van der Waals surface area contributed by atoms with Crippen molar-refractivity contribution in [1.82, 2.24) is 0 Å². The molecule has 1 aromatic rings. The minimum Gasteiger partial charge on any atom is -0.491 e. The Morgan fingerprint density at radius 3 is 2.11 bits per heavy atom. The third-order valence-corrected chi connectivity index (χ3v) is 2.03. The molecule has 4 nitrogen and oxygen atoms in total. The molecule has 0 aliphatic heterocycles. The number of carbonyl (C=O) groups is 1. The van der Waals surface area contributed by atoms with Crippen LogP contribution < -0.4 is 4.74 Å². The van der Waals surface area contributed by atoms with Crippen molar-refractivity contribution in [2.75, 3.05) is 13.2 Å². The number of aliphatic hydroxyl groups excluding tert-OH is 1. The number of Topliss-reactive ketones (excluding diaryl/α,β-unsaturated/α-hetero) is 1. The van der Waals surface area contributed by atoms with Crippen molar-refractivity contribution in [2.45, 2.75) is 33.3 Å². The van der Waals surface area contributed by atoms with Gasteiger partial charge in [-0.25, -0.2) is 0 Å². The number of rotatable bonds is 5. The Balaban J connectivity index is 0.00000137. The molecular weight excluding hydrogens is 232 g/mol. The molecule has 0 amide bonds. The van der Waals surface area contributed by atoms with Gasteiger partial charge in [0.1, 0.15) is 18.0 Å². The molecule has 18 heavy (non-hydrogen) atoms. The number of aliphatic hydroxyl groups is 2. The summed E-state index contributed by atoms with van der Waals surface area (Å²) in [7, 11) is 0. The van der Waals surface area contributed by atoms with Gasteiger partial charge in [0.05, 0.1) is 6.61 Å². The van der Waals surface area contributed by atoms with Gasteiger partial charge in [0.15, 0.2) is 5.78 Å². The highest BCUT2D eigenvalue weighted by atomic mass is 16.5. The molecule has 0 atom stereocenters. The highest BCUT2D eigenvalue weighted by molar-refractivity contribution is 6.01. The predicted molar refractivity (Wildman–Crippen MR) is 71.0 cm³/mol. The van der Waals surface area contributed by atoms with E-state index in [0.29, 0.717) is 11.3 Å². The van der Waals surface area contributed by atoms with Crippen molar-refractivity contribution in [1.29, 1.82) is 0 Å². The van der Waals surface area contributed by atoms with Crippen LogP contribution in [0.5, 0.6) is 5.75 Å². The Morgan fingerprint density at radius 1 is 1.22 bits per heavy atom. The minimum atomic E-state index is -1.37. The van der Waals surface area contributed by atoms with Gasteiger partial charge in [0, 0.05) is 5.56 Å². The average molecular weight is 254 g/mol. The Labute approximate surface area is 108 Å². The molecule has 4 heteroatoms. The number of carbonyl (C=O) groups excluding carboxylic acids is 1. The highest BCUT2D eigenvalue weighted by Crippen LogP contribution is 2.16. The van der Waals surface area contributed by atoms with E-state index in [1.165, 1.54) is 13.8 Å². The number of hydrogen-bond acceptors (Lipinski definition) is 4. The maximum Gasteiger partial charge on any atom is 0.193 e. The molecule has 102 valence electrons. The minimum absolute atomic E-state index is 0.0512. The zero-order chi connectivity index (χ0) is 14.2. The lowest BCUT2D eigenvalue weighted by molar-refractivity contribution is 0.0488. The summed E-state index contributed by atoms with van der Waals surface area (Å²) in [4.78, 5) is 11.7. The SMILES string of the molecule is CC.CC(C)(O)C(=O)c1ccc(OCCO)cc1. The molecule has 0 aliphatic carbocycles.